The molecule has 0 atom stereocenters. The molecule has 0 aromatic carbocycles. The SMILES string of the molecule is COC1=C(C)C=CC(F)=CC1. The molecule has 0 N–H and O–H groups in total. The van der Waals surface area contributed by atoms with E-state index in [1.807, 2.05) is 6.92 Å². The van der Waals surface area contributed by atoms with Crippen LogP contribution in [0.2, 0.25) is 0 Å². The third kappa shape index (κ3) is 1.93. The van der Waals surface area contributed by atoms with Crippen LogP contribution >= 0.6 is 0 Å². The second-order valence-corrected chi connectivity index (χ2v) is 2.44. The molecule has 0 aromatic heterocycles. The molecule has 11 heavy (non-hydrogen) atoms. The summed E-state index contributed by atoms with van der Waals surface area (Å²) in [7, 11) is 1.60. The zero-order valence-electron chi connectivity index (χ0n) is 6.73. The van der Waals surface area contributed by atoms with Gasteiger partial charge in [-0.1, -0.05) is 6.08 Å². The van der Waals surface area contributed by atoms with Crippen molar-refractivity contribution in [2.24, 2.45) is 0 Å². The summed E-state index contributed by atoms with van der Waals surface area (Å²) in [4.78, 5) is 0. The minimum Gasteiger partial charge on any atom is -0.501 e. The number of rotatable bonds is 1. The number of methoxy groups -OCH3 is 1. The molecular formula is C9H11FO. The quantitative estimate of drug-likeness (QED) is 0.564. The van der Waals surface area contributed by atoms with Gasteiger partial charge in [0.15, 0.2) is 0 Å². The maximum absolute atomic E-state index is 12.6. The summed E-state index contributed by atoms with van der Waals surface area (Å²) in [6.07, 6.45) is 5.21. The van der Waals surface area contributed by atoms with Gasteiger partial charge in [-0.25, -0.2) is 4.39 Å². The number of hydrogen-bond donors (Lipinski definition) is 0. The minimum absolute atomic E-state index is 0.198. The van der Waals surface area contributed by atoms with E-state index in [4.69, 9.17) is 4.74 Å². The smallest absolute Gasteiger partial charge is 0.119 e. The molecule has 0 bridgehead atoms. The zero-order valence-corrected chi connectivity index (χ0v) is 6.73. The van der Waals surface area contributed by atoms with Crippen LogP contribution in [0.15, 0.2) is 35.4 Å². The lowest BCUT2D eigenvalue weighted by Crippen LogP contribution is -1.87. The Balaban J connectivity index is 2.87. The molecule has 2 heteroatoms. The molecule has 0 saturated carbocycles. The highest BCUT2D eigenvalue weighted by molar-refractivity contribution is 5.30. The van der Waals surface area contributed by atoms with Crippen molar-refractivity contribution in [1.29, 1.82) is 0 Å². The van der Waals surface area contributed by atoms with Crippen LogP contribution in [0.3, 0.4) is 0 Å². The summed E-state index contributed by atoms with van der Waals surface area (Å²) in [6, 6.07) is 0. The summed E-state index contributed by atoms with van der Waals surface area (Å²) in [5, 5.41) is 0. The van der Waals surface area contributed by atoms with Crippen molar-refractivity contribution in [3.05, 3.63) is 35.4 Å². The lowest BCUT2D eigenvalue weighted by Gasteiger charge is -2.03. The molecule has 0 fully saturated rings. The average molecular weight is 154 g/mol. The van der Waals surface area contributed by atoms with Gasteiger partial charge >= 0.3 is 0 Å². The fourth-order valence-electron chi connectivity index (χ4n) is 0.961. The van der Waals surface area contributed by atoms with Gasteiger partial charge in [-0.15, -0.1) is 0 Å². The molecule has 60 valence electrons. The highest BCUT2D eigenvalue weighted by atomic mass is 19.1. The van der Waals surface area contributed by atoms with Crippen LogP contribution in [0.5, 0.6) is 0 Å². The largest absolute Gasteiger partial charge is 0.501 e. The van der Waals surface area contributed by atoms with Gasteiger partial charge in [-0.05, 0) is 24.6 Å². The van der Waals surface area contributed by atoms with Gasteiger partial charge in [0.05, 0.1) is 7.11 Å². The third-order valence-electron chi connectivity index (χ3n) is 1.66. The van der Waals surface area contributed by atoms with Crippen LogP contribution in [-0.2, 0) is 4.74 Å². The van der Waals surface area contributed by atoms with E-state index in [0.29, 0.717) is 6.42 Å². The number of allylic oxidation sites excluding steroid dienone is 5. The van der Waals surface area contributed by atoms with Crippen LogP contribution in [0.25, 0.3) is 0 Å². The van der Waals surface area contributed by atoms with Crippen LogP contribution in [0, 0.1) is 0 Å². The van der Waals surface area contributed by atoms with E-state index < -0.39 is 0 Å². The Kier molecular flexibility index (Phi) is 2.47. The molecule has 0 unspecified atom stereocenters. The maximum atomic E-state index is 12.6. The molecule has 1 nitrogen and oxygen atoms in total. The molecule has 0 radical (unpaired) electrons. The van der Waals surface area contributed by atoms with Gasteiger partial charge in [0.25, 0.3) is 0 Å². The molecule has 1 aliphatic carbocycles. The Morgan fingerprint density at radius 1 is 1.45 bits per heavy atom. The lowest BCUT2D eigenvalue weighted by molar-refractivity contribution is 0.281. The van der Waals surface area contributed by atoms with Gasteiger partial charge in [-0.3, -0.25) is 0 Å². The summed E-state index contributed by atoms with van der Waals surface area (Å²) < 4.78 is 17.7. The van der Waals surface area contributed by atoms with E-state index in [-0.39, 0.29) is 5.83 Å². The first-order valence-corrected chi connectivity index (χ1v) is 3.51. The van der Waals surface area contributed by atoms with Crippen LogP contribution in [-0.4, -0.2) is 7.11 Å². The van der Waals surface area contributed by atoms with Gasteiger partial charge in [0.2, 0.25) is 0 Å². The Bertz CT molecular complexity index is 236. The third-order valence-corrected chi connectivity index (χ3v) is 1.66. The molecule has 0 amide bonds. The first-order valence-electron chi connectivity index (χ1n) is 3.51. The summed E-state index contributed by atoms with van der Waals surface area (Å²) in [6.45, 7) is 1.90. The minimum atomic E-state index is -0.198. The van der Waals surface area contributed by atoms with E-state index in [9.17, 15) is 4.39 Å². The van der Waals surface area contributed by atoms with Crippen molar-refractivity contribution in [3.8, 4) is 0 Å². The molecule has 0 spiro atoms. The first-order chi connectivity index (χ1) is 5.24. The Morgan fingerprint density at radius 2 is 2.18 bits per heavy atom. The first kappa shape index (κ1) is 8.05. The predicted octanol–water partition coefficient (Wildman–Crippen LogP) is 2.72. The van der Waals surface area contributed by atoms with Gasteiger partial charge in [-0.2, -0.15) is 0 Å². The van der Waals surface area contributed by atoms with Gasteiger partial charge in [0.1, 0.15) is 11.6 Å². The highest BCUT2D eigenvalue weighted by Crippen LogP contribution is 2.18. The van der Waals surface area contributed by atoms with Crippen molar-refractivity contribution in [3.63, 3.8) is 0 Å². The molecule has 0 saturated heterocycles. The topological polar surface area (TPSA) is 9.23 Å². The number of hydrogen-bond acceptors (Lipinski definition) is 1. The Labute approximate surface area is 65.9 Å². The van der Waals surface area contributed by atoms with Crippen molar-refractivity contribution >= 4 is 0 Å². The number of ether oxygens (including phenoxy) is 1. The van der Waals surface area contributed by atoms with Crippen molar-refractivity contribution in [2.45, 2.75) is 13.3 Å². The van der Waals surface area contributed by atoms with Crippen molar-refractivity contribution < 1.29 is 9.13 Å². The molecule has 1 rings (SSSR count). The Hall–Kier alpha value is -1.05. The normalized spacial score (nSPS) is 17.9. The molecular weight excluding hydrogens is 143 g/mol. The number of halogens is 1. The van der Waals surface area contributed by atoms with E-state index in [1.54, 1.807) is 13.2 Å². The fraction of sp³-hybridized carbons (Fsp3) is 0.333. The van der Waals surface area contributed by atoms with Crippen LogP contribution in [0.4, 0.5) is 4.39 Å². The Morgan fingerprint density at radius 3 is 2.82 bits per heavy atom. The van der Waals surface area contributed by atoms with E-state index in [2.05, 4.69) is 0 Å². The zero-order chi connectivity index (χ0) is 8.27. The average Bonchev–Trinajstić information content (AvgIpc) is 2.15. The van der Waals surface area contributed by atoms with Crippen LogP contribution < -0.4 is 0 Å². The predicted molar refractivity (Wildman–Crippen MR) is 42.7 cm³/mol. The van der Waals surface area contributed by atoms with E-state index in [0.717, 1.165) is 11.3 Å². The molecule has 0 aromatic rings. The summed E-state index contributed by atoms with van der Waals surface area (Å²) in [5.74, 6) is 0.630. The monoisotopic (exact) mass is 154 g/mol. The summed E-state index contributed by atoms with van der Waals surface area (Å²) >= 11 is 0. The van der Waals surface area contributed by atoms with Gasteiger partial charge in [0, 0.05) is 6.42 Å². The molecule has 0 aliphatic heterocycles. The molecule has 1 aliphatic rings. The lowest BCUT2D eigenvalue weighted by atomic mass is 10.2. The second kappa shape index (κ2) is 3.37. The standard InChI is InChI=1S/C9H11FO/c1-7-3-4-8(10)5-6-9(7)11-2/h3-5H,6H2,1-2H3. The second-order valence-electron chi connectivity index (χ2n) is 2.44. The van der Waals surface area contributed by atoms with Crippen molar-refractivity contribution in [2.75, 3.05) is 7.11 Å². The van der Waals surface area contributed by atoms with Gasteiger partial charge < -0.3 is 4.74 Å². The highest BCUT2D eigenvalue weighted by Gasteiger charge is 2.02. The van der Waals surface area contributed by atoms with E-state index >= 15 is 0 Å². The van der Waals surface area contributed by atoms with Crippen LogP contribution in [0.1, 0.15) is 13.3 Å². The summed E-state index contributed by atoms with van der Waals surface area (Å²) in [5.41, 5.74) is 0.983. The maximum Gasteiger partial charge on any atom is 0.119 e. The van der Waals surface area contributed by atoms with E-state index in [1.165, 1.54) is 12.2 Å². The molecule has 0 heterocycles. The fourth-order valence-corrected chi connectivity index (χ4v) is 0.961. The van der Waals surface area contributed by atoms with Crippen molar-refractivity contribution in [1.82, 2.24) is 0 Å².